The lowest BCUT2D eigenvalue weighted by Gasteiger charge is -2.38. The van der Waals surface area contributed by atoms with E-state index in [1.165, 1.54) is 11.1 Å². The first-order valence-corrected chi connectivity index (χ1v) is 9.94. The Hall–Kier alpha value is -3.07. The van der Waals surface area contributed by atoms with Crippen molar-refractivity contribution in [2.75, 3.05) is 10.2 Å². The van der Waals surface area contributed by atoms with Crippen LogP contribution in [0, 0.1) is 6.92 Å². The van der Waals surface area contributed by atoms with Crippen molar-refractivity contribution < 1.29 is 4.79 Å². The molecule has 1 heterocycles. The first-order valence-electron chi connectivity index (χ1n) is 9.94. The van der Waals surface area contributed by atoms with Crippen LogP contribution >= 0.6 is 0 Å². The predicted octanol–water partition coefficient (Wildman–Crippen LogP) is 6.28. The maximum Gasteiger partial charge on any atom is 0.262 e. The number of hydrogen-bond acceptors (Lipinski definition) is 2. The molecule has 4 rings (SSSR count). The van der Waals surface area contributed by atoms with Crippen LogP contribution in [0.5, 0.6) is 0 Å². The van der Waals surface area contributed by atoms with Gasteiger partial charge in [0.15, 0.2) is 0 Å². The van der Waals surface area contributed by atoms with Gasteiger partial charge < -0.3 is 5.32 Å². The molecule has 0 fully saturated rings. The molecular weight excluding hydrogens is 344 g/mol. The minimum absolute atomic E-state index is 0.0243. The van der Waals surface area contributed by atoms with E-state index in [0.717, 1.165) is 23.4 Å². The molecule has 0 aromatic heterocycles. The van der Waals surface area contributed by atoms with Crippen molar-refractivity contribution >= 4 is 17.3 Å². The van der Waals surface area contributed by atoms with E-state index in [2.05, 4.69) is 74.6 Å². The van der Waals surface area contributed by atoms with E-state index in [1.807, 2.05) is 29.2 Å². The van der Waals surface area contributed by atoms with Gasteiger partial charge in [0.25, 0.3) is 5.91 Å². The molecule has 142 valence electrons. The minimum atomic E-state index is -0.238. The third-order valence-electron chi connectivity index (χ3n) is 5.67. The first-order chi connectivity index (χ1) is 13.6. The second-order valence-corrected chi connectivity index (χ2v) is 7.58. The fraction of sp³-hybridized carbons (Fsp3) is 0.240. The Morgan fingerprint density at radius 3 is 2.32 bits per heavy atom. The number of fused-ring (bicyclic) bond motifs is 1. The van der Waals surface area contributed by atoms with Crippen molar-refractivity contribution in [1.82, 2.24) is 0 Å². The predicted molar refractivity (Wildman–Crippen MR) is 116 cm³/mol. The number of para-hydroxylation sites is 1. The second kappa shape index (κ2) is 7.51. The summed E-state index contributed by atoms with van der Waals surface area (Å²) in [7, 11) is 0. The Bertz CT molecular complexity index is 976. The number of amides is 1. The van der Waals surface area contributed by atoms with Crippen molar-refractivity contribution in [3.63, 3.8) is 0 Å². The Morgan fingerprint density at radius 2 is 1.64 bits per heavy atom. The molecule has 0 saturated heterocycles. The molecule has 2 atom stereocenters. The molecule has 0 spiro atoms. The van der Waals surface area contributed by atoms with Gasteiger partial charge in [-0.1, -0.05) is 67.9 Å². The van der Waals surface area contributed by atoms with Gasteiger partial charge >= 0.3 is 0 Å². The lowest BCUT2D eigenvalue weighted by molar-refractivity contribution is 0.0975. The molecule has 0 saturated carbocycles. The Kier molecular flexibility index (Phi) is 4.91. The summed E-state index contributed by atoms with van der Waals surface area (Å²) < 4.78 is 0. The number of anilines is 2. The quantitative estimate of drug-likeness (QED) is 0.586. The zero-order valence-electron chi connectivity index (χ0n) is 16.6. The lowest BCUT2D eigenvalue weighted by atomic mass is 9.97. The molecule has 1 aliphatic heterocycles. The molecule has 1 N–H and O–H groups in total. The van der Waals surface area contributed by atoms with Gasteiger partial charge in [-0.15, -0.1) is 0 Å². The second-order valence-electron chi connectivity index (χ2n) is 7.58. The number of nitrogens with zero attached hydrogens (tertiary/aromatic N) is 1. The summed E-state index contributed by atoms with van der Waals surface area (Å²) >= 11 is 0. The average molecular weight is 370 g/mol. The molecule has 3 aromatic carbocycles. The van der Waals surface area contributed by atoms with Crippen molar-refractivity contribution in [3.8, 4) is 0 Å². The van der Waals surface area contributed by atoms with Gasteiger partial charge in [-0.05, 0) is 54.7 Å². The zero-order valence-corrected chi connectivity index (χ0v) is 16.6. The largest absolute Gasteiger partial charge is 0.360 e. The summed E-state index contributed by atoms with van der Waals surface area (Å²) in [5.41, 5.74) is 6.07. The third kappa shape index (κ3) is 3.29. The van der Waals surface area contributed by atoms with E-state index in [1.54, 1.807) is 0 Å². The monoisotopic (exact) mass is 370 g/mol. The van der Waals surface area contributed by atoms with E-state index in [4.69, 9.17) is 0 Å². The van der Waals surface area contributed by atoms with Crippen LogP contribution in [-0.2, 0) is 0 Å². The lowest BCUT2D eigenvalue weighted by Crippen LogP contribution is -2.43. The topological polar surface area (TPSA) is 32.3 Å². The summed E-state index contributed by atoms with van der Waals surface area (Å²) in [6.45, 7) is 6.50. The molecule has 1 amide bonds. The Labute approximate surface area is 167 Å². The highest BCUT2D eigenvalue weighted by Gasteiger charge is 2.33. The van der Waals surface area contributed by atoms with Crippen LogP contribution in [0.25, 0.3) is 0 Å². The fourth-order valence-electron chi connectivity index (χ4n) is 3.70. The zero-order chi connectivity index (χ0) is 19.7. The summed E-state index contributed by atoms with van der Waals surface area (Å²) in [6.07, 6.45) is 0.862. The number of carbonyl (C=O) groups excluding carboxylic acids is 1. The molecule has 3 nitrogen and oxygen atoms in total. The molecule has 28 heavy (non-hydrogen) atoms. The fourth-order valence-corrected chi connectivity index (χ4v) is 3.70. The van der Waals surface area contributed by atoms with Gasteiger partial charge in [-0.25, -0.2) is 0 Å². The SMILES string of the molecule is CC[C@H](C)c1ccc(N2C(=O)c3ccccc3N[C@H]2c2ccc(C)cc2)cc1. The van der Waals surface area contributed by atoms with E-state index in [9.17, 15) is 4.79 Å². The van der Waals surface area contributed by atoms with Gasteiger partial charge in [0, 0.05) is 11.4 Å². The molecule has 0 aliphatic carbocycles. The smallest absolute Gasteiger partial charge is 0.262 e. The van der Waals surface area contributed by atoms with Crippen LogP contribution in [0.1, 0.15) is 59.4 Å². The van der Waals surface area contributed by atoms with Crippen molar-refractivity contribution in [3.05, 3.63) is 95.1 Å². The molecular formula is C25H26N2O. The van der Waals surface area contributed by atoms with E-state index < -0.39 is 0 Å². The standard InChI is InChI=1S/C25H26N2O/c1-4-18(3)19-13-15-21(16-14-19)27-24(20-11-9-17(2)10-12-20)26-23-8-6-5-7-22(23)25(27)28/h5-16,18,24,26H,4H2,1-3H3/t18-,24+/m0/s1. The van der Waals surface area contributed by atoms with Crippen LogP contribution in [-0.4, -0.2) is 5.91 Å². The Morgan fingerprint density at radius 1 is 0.964 bits per heavy atom. The number of nitrogens with one attached hydrogen (secondary N) is 1. The van der Waals surface area contributed by atoms with Crippen molar-refractivity contribution in [2.45, 2.75) is 39.3 Å². The maximum absolute atomic E-state index is 13.4. The highest BCUT2D eigenvalue weighted by Crippen LogP contribution is 2.37. The average Bonchev–Trinajstić information content (AvgIpc) is 2.74. The number of rotatable bonds is 4. The van der Waals surface area contributed by atoms with Gasteiger partial charge in [0.05, 0.1) is 5.56 Å². The highest BCUT2D eigenvalue weighted by atomic mass is 16.2. The van der Waals surface area contributed by atoms with Crippen LogP contribution < -0.4 is 10.2 Å². The normalized spacial score (nSPS) is 17.0. The van der Waals surface area contributed by atoms with Crippen LogP contribution in [0.2, 0.25) is 0 Å². The molecule has 0 bridgehead atoms. The number of aryl methyl sites for hydroxylation is 1. The molecule has 3 heteroatoms. The van der Waals surface area contributed by atoms with Gasteiger partial charge in [0.1, 0.15) is 6.17 Å². The third-order valence-corrected chi connectivity index (χ3v) is 5.67. The van der Waals surface area contributed by atoms with E-state index in [0.29, 0.717) is 11.5 Å². The number of hydrogen-bond donors (Lipinski definition) is 1. The van der Waals surface area contributed by atoms with Crippen molar-refractivity contribution in [1.29, 1.82) is 0 Å². The highest BCUT2D eigenvalue weighted by molar-refractivity contribution is 6.12. The maximum atomic E-state index is 13.4. The molecule has 0 radical (unpaired) electrons. The van der Waals surface area contributed by atoms with Crippen LogP contribution in [0.3, 0.4) is 0 Å². The van der Waals surface area contributed by atoms with Gasteiger partial charge in [0.2, 0.25) is 0 Å². The van der Waals surface area contributed by atoms with Crippen molar-refractivity contribution in [2.24, 2.45) is 0 Å². The first kappa shape index (κ1) is 18.3. The Balaban J connectivity index is 1.78. The molecule has 1 aliphatic rings. The minimum Gasteiger partial charge on any atom is -0.360 e. The van der Waals surface area contributed by atoms with Crippen LogP contribution in [0.15, 0.2) is 72.8 Å². The molecule has 0 unspecified atom stereocenters. The summed E-state index contributed by atoms with van der Waals surface area (Å²) in [6, 6.07) is 24.5. The summed E-state index contributed by atoms with van der Waals surface area (Å²) in [5.74, 6) is 0.536. The summed E-state index contributed by atoms with van der Waals surface area (Å²) in [4.78, 5) is 15.3. The van der Waals surface area contributed by atoms with Gasteiger partial charge in [-0.2, -0.15) is 0 Å². The number of carbonyl (C=O) groups is 1. The van der Waals surface area contributed by atoms with Gasteiger partial charge in [-0.3, -0.25) is 9.69 Å². The summed E-state index contributed by atoms with van der Waals surface area (Å²) in [5, 5.41) is 3.57. The van der Waals surface area contributed by atoms with E-state index >= 15 is 0 Å². The van der Waals surface area contributed by atoms with E-state index in [-0.39, 0.29) is 12.1 Å². The van der Waals surface area contributed by atoms with Crippen LogP contribution in [0.4, 0.5) is 11.4 Å². The molecule has 3 aromatic rings. The number of benzene rings is 3.